The molecule has 0 aromatic carbocycles. The Morgan fingerprint density at radius 2 is 2.32 bits per heavy atom. The minimum absolute atomic E-state index is 0.0931. The second-order valence-electron chi connectivity index (χ2n) is 5.63. The highest BCUT2D eigenvalue weighted by molar-refractivity contribution is 7.17. The predicted molar refractivity (Wildman–Crippen MR) is 86.4 cm³/mol. The largest absolute Gasteiger partial charge is 0.390 e. The molecule has 0 aliphatic carbocycles. The number of amides is 1. The summed E-state index contributed by atoms with van der Waals surface area (Å²) in [6.45, 7) is 3.98. The minimum Gasteiger partial charge on any atom is -0.390 e. The molecule has 1 aliphatic rings. The number of carbonyl (C=O) groups excluding carboxylic acids is 1. The lowest BCUT2D eigenvalue weighted by Gasteiger charge is -2.30. The molecule has 1 unspecified atom stereocenters. The smallest absolute Gasteiger partial charge is 0.270 e. The first-order chi connectivity index (χ1) is 10.6. The number of morpholine rings is 1. The lowest BCUT2D eigenvalue weighted by Crippen LogP contribution is -2.45. The minimum atomic E-state index is -0.553. The molecule has 2 aromatic rings. The van der Waals surface area contributed by atoms with Gasteiger partial charge in [-0.15, -0.1) is 11.3 Å². The summed E-state index contributed by atoms with van der Waals surface area (Å²) in [7, 11) is 1.72. The van der Waals surface area contributed by atoms with Gasteiger partial charge in [-0.2, -0.15) is 0 Å². The second kappa shape index (κ2) is 6.78. The van der Waals surface area contributed by atoms with E-state index in [9.17, 15) is 9.90 Å². The monoisotopic (exact) mass is 323 g/mol. The number of rotatable bonds is 5. The number of aromatic nitrogens is 1. The Morgan fingerprint density at radius 3 is 3.05 bits per heavy atom. The maximum absolute atomic E-state index is 12.4. The Hall–Kier alpha value is -1.41. The lowest BCUT2D eigenvalue weighted by molar-refractivity contribution is 0.00875. The third-order valence-corrected chi connectivity index (χ3v) is 4.74. The maximum Gasteiger partial charge on any atom is 0.270 e. The van der Waals surface area contributed by atoms with Crippen LogP contribution < -0.4 is 0 Å². The molecule has 1 saturated heterocycles. The Morgan fingerprint density at radius 1 is 1.55 bits per heavy atom. The molecule has 2 N–H and O–H groups in total. The Bertz CT molecular complexity index is 604. The van der Waals surface area contributed by atoms with Crippen LogP contribution >= 0.6 is 11.3 Å². The molecule has 0 spiro atoms. The van der Waals surface area contributed by atoms with Crippen LogP contribution in [0.15, 0.2) is 17.5 Å². The number of hydrogen-bond donors (Lipinski definition) is 2. The first-order valence-electron chi connectivity index (χ1n) is 7.43. The fourth-order valence-corrected chi connectivity index (χ4v) is 3.49. The van der Waals surface area contributed by atoms with E-state index in [2.05, 4.69) is 9.88 Å². The van der Waals surface area contributed by atoms with Crippen molar-refractivity contribution in [2.45, 2.75) is 6.10 Å². The SMILES string of the molecule is CN(CC(O)CN1CCOCC1)C(=O)c1cc2sccc2[nH]1. The van der Waals surface area contributed by atoms with Crippen molar-refractivity contribution in [2.75, 3.05) is 46.4 Å². The average molecular weight is 323 g/mol. The molecule has 1 amide bonds. The Labute approximate surface area is 133 Å². The molecule has 3 heterocycles. The Kier molecular flexibility index (Phi) is 4.77. The molecule has 1 atom stereocenters. The van der Waals surface area contributed by atoms with Gasteiger partial charge < -0.3 is 19.7 Å². The van der Waals surface area contributed by atoms with Gasteiger partial charge in [0.15, 0.2) is 0 Å². The van der Waals surface area contributed by atoms with Crippen LogP contribution in [0.25, 0.3) is 10.2 Å². The van der Waals surface area contributed by atoms with Gasteiger partial charge in [0.1, 0.15) is 5.69 Å². The van der Waals surface area contributed by atoms with Gasteiger partial charge in [-0.3, -0.25) is 9.69 Å². The van der Waals surface area contributed by atoms with Crippen LogP contribution in [0.3, 0.4) is 0 Å². The van der Waals surface area contributed by atoms with E-state index in [0.717, 1.165) is 23.3 Å². The number of H-pyrrole nitrogens is 1. The van der Waals surface area contributed by atoms with Gasteiger partial charge in [-0.25, -0.2) is 0 Å². The second-order valence-corrected chi connectivity index (χ2v) is 6.58. The number of nitrogens with one attached hydrogen (secondary N) is 1. The van der Waals surface area contributed by atoms with Crippen molar-refractivity contribution in [3.63, 3.8) is 0 Å². The number of aliphatic hydroxyl groups is 1. The number of aromatic amines is 1. The third-order valence-electron chi connectivity index (χ3n) is 3.87. The van der Waals surface area contributed by atoms with E-state index in [-0.39, 0.29) is 5.91 Å². The number of β-amino-alcohol motifs (C(OH)–C–C–N with tert-alkyl or cyclic N) is 1. The molecule has 0 saturated carbocycles. The van der Waals surface area contributed by atoms with Crippen molar-refractivity contribution in [3.8, 4) is 0 Å². The van der Waals surface area contributed by atoms with Gasteiger partial charge in [0.05, 0.1) is 29.5 Å². The molecule has 6 nitrogen and oxygen atoms in total. The zero-order chi connectivity index (χ0) is 15.5. The van der Waals surface area contributed by atoms with Gasteiger partial charge in [0.25, 0.3) is 5.91 Å². The van der Waals surface area contributed by atoms with Gasteiger partial charge in [-0.05, 0) is 17.5 Å². The van der Waals surface area contributed by atoms with Crippen LogP contribution in [0.1, 0.15) is 10.5 Å². The summed E-state index contributed by atoms with van der Waals surface area (Å²) in [5.74, 6) is -0.0931. The molecule has 0 bridgehead atoms. The molecule has 120 valence electrons. The number of ether oxygens (including phenoxy) is 1. The molecule has 22 heavy (non-hydrogen) atoms. The van der Waals surface area contributed by atoms with E-state index < -0.39 is 6.10 Å². The zero-order valence-corrected chi connectivity index (χ0v) is 13.4. The zero-order valence-electron chi connectivity index (χ0n) is 12.6. The molecular formula is C15H21N3O3S. The van der Waals surface area contributed by atoms with E-state index in [0.29, 0.717) is 32.0 Å². The summed E-state index contributed by atoms with van der Waals surface area (Å²) in [5.41, 5.74) is 1.55. The summed E-state index contributed by atoms with van der Waals surface area (Å²) in [5, 5.41) is 12.2. The first-order valence-corrected chi connectivity index (χ1v) is 8.31. The van der Waals surface area contributed by atoms with Crippen molar-refractivity contribution < 1.29 is 14.6 Å². The maximum atomic E-state index is 12.4. The summed E-state index contributed by atoms with van der Waals surface area (Å²) in [6, 6.07) is 3.83. The quantitative estimate of drug-likeness (QED) is 0.861. The summed E-state index contributed by atoms with van der Waals surface area (Å²) in [6.07, 6.45) is -0.553. The Balaban J connectivity index is 1.54. The van der Waals surface area contributed by atoms with Gasteiger partial charge >= 0.3 is 0 Å². The standard InChI is InChI=1S/C15H21N3O3S/c1-17(9-11(19)10-18-3-5-21-6-4-18)15(20)13-8-14-12(16-13)2-7-22-14/h2,7-8,11,16,19H,3-6,9-10H2,1H3. The highest BCUT2D eigenvalue weighted by atomic mass is 32.1. The van der Waals surface area contributed by atoms with Crippen LogP contribution in [-0.2, 0) is 4.74 Å². The molecule has 3 rings (SSSR count). The fraction of sp³-hybridized carbons (Fsp3) is 0.533. The van der Waals surface area contributed by atoms with Crippen LogP contribution in [0.5, 0.6) is 0 Å². The van der Waals surface area contributed by atoms with Crippen molar-refractivity contribution in [3.05, 3.63) is 23.2 Å². The lowest BCUT2D eigenvalue weighted by atomic mass is 10.2. The number of nitrogens with zero attached hydrogens (tertiary/aromatic N) is 2. The highest BCUT2D eigenvalue weighted by Gasteiger charge is 2.20. The normalized spacial score (nSPS) is 17.7. The molecular weight excluding hydrogens is 302 g/mol. The number of carbonyl (C=O) groups is 1. The topological polar surface area (TPSA) is 68.8 Å². The molecule has 2 aromatic heterocycles. The summed E-state index contributed by atoms with van der Waals surface area (Å²) in [4.78, 5) is 19.2. The van der Waals surface area contributed by atoms with Crippen LogP contribution in [0.2, 0.25) is 0 Å². The van der Waals surface area contributed by atoms with Crippen molar-refractivity contribution >= 4 is 27.5 Å². The molecule has 1 fully saturated rings. The van der Waals surface area contributed by atoms with Crippen molar-refractivity contribution in [1.82, 2.24) is 14.8 Å². The van der Waals surface area contributed by atoms with Crippen LogP contribution in [0.4, 0.5) is 0 Å². The number of likely N-dealkylation sites (N-methyl/N-ethyl adjacent to an activating group) is 1. The van der Waals surface area contributed by atoms with Gasteiger partial charge in [0.2, 0.25) is 0 Å². The number of fused-ring (bicyclic) bond motifs is 1. The highest BCUT2D eigenvalue weighted by Crippen LogP contribution is 2.21. The number of thiophene rings is 1. The number of hydrogen-bond acceptors (Lipinski definition) is 5. The van der Waals surface area contributed by atoms with E-state index in [1.807, 2.05) is 17.5 Å². The fourth-order valence-electron chi connectivity index (χ4n) is 2.71. The number of aliphatic hydroxyl groups excluding tert-OH is 1. The third kappa shape index (κ3) is 3.49. The molecule has 7 heteroatoms. The van der Waals surface area contributed by atoms with Gasteiger partial charge in [0, 0.05) is 33.2 Å². The predicted octanol–water partition coefficient (Wildman–Crippen LogP) is 0.995. The average Bonchev–Trinajstić information content (AvgIpc) is 3.08. The van der Waals surface area contributed by atoms with Crippen molar-refractivity contribution in [2.24, 2.45) is 0 Å². The van der Waals surface area contributed by atoms with Crippen molar-refractivity contribution in [1.29, 1.82) is 0 Å². The summed E-state index contributed by atoms with van der Waals surface area (Å²) >= 11 is 1.60. The summed E-state index contributed by atoms with van der Waals surface area (Å²) < 4.78 is 6.36. The first kappa shape index (κ1) is 15.5. The van der Waals surface area contributed by atoms with Crippen LogP contribution in [-0.4, -0.2) is 78.3 Å². The van der Waals surface area contributed by atoms with E-state index in [1.165, 1.54) is 0 Å². The molecule has 1 aliphatic heterocycles. The molecule has 0 radical (unpaired) electrons. The van der Waals surface area contributed by atoms with Gasteiger partial charge in [-0.1, -0.05) is 0 Å². The van der Waals surface area contributed by atoms with E-state index >= 15 is 0 Å². The van der Waals surface area contributed by atoms with E-state index in [1.54, 1.807) is 23.3 Å². The van der Waals surface area contributed by atoms with Crippen LogP contribution in [0, 0.1) is 0 Å². The van der Waals surface area contributed by atoms with E-state index in [4.69, 9.17) is 4.74 Å².